The Labute approximate surface area is 168 Å². The van der Waals surface area contributed by atoms with Crippen LogP contribution in [0, 0.1) is 14.9 Å². The average molecular weight is 419 g/mol. The molecule has 1 amide bonds. The lowest BCUT2D eigenvalue weighted by Crippen LogP contribution is -2.16. The molecule has 3 rings (SSSR count). The first-order chi connectivity index (χ1) is 13.4. The fourth-order valence-electron chi connectivity index (χ4n) is 2.42. The summed E-state index contributed by atoms with van der Waals surface area (Å²) in [6.07, 6.45) is 0.643. The van der Waals surface area contributed by atoms with E-state index in [9.17, 15) is 14.9 Å². The second-order valence-corrected chi connectivity index (χ2v) is 7.07. The van der Waals surface area contributed by atoms with E-state index in [0.29, 0.717) is 22.0 Å². The number of carbonyl (C=O) groups is 1. The van der Waals surface area contributed by atoms with Crippen molar-refractivity contribution in [1.29, 1.82) is 0 Å². The van der Waals surface area contributed by atoms with Gasteiger partial charge in [-0.1, -0.05) is 12.1 Å². The SMILES string of the molecule is Cn1c(Cc2csc(NC(=O)CCNc3ccccc3[N+](=O)[O-])n2)n[nH]c1=S. The number of anilines is 2. The number of nitrogens with one attached hydrogen (secondary N) is 3. The summed E-state index contributed by atoms with van der Waals surface area (Å²) < 4.78 is 2.30. The van der Waals surface area contributed by atoms with Crippen molar-refractivity contribution in [3.05, 3.63) is 56.0 Å². The van der Waals surface area contributed by atoms with Crippen molar-refractivity contribution < 1.29 is 9.72 Å². The van der Waals surface area contributed by atoms with Crippen LogP contribution < -0.4 is 10.6 Å². The molecular formula is C16H17N7O3S2. The lowest BCUT2D eigenvalue weighted by Gasteiger charge is -2.06. The fourth-order valence-corrected chi connectivity index (χ4v) is 3.30. The summed E-state index contributed by atoms with van der Waals surface area (Å²) in [5.41, 5.74) is 1.13. The van der Waals surface area contributed by atoms with Gasteiger partial charge in [0.05, 0.1) is 17.0 Å². The third-order valence-corrected chi connectivity index (χ3v) is 5.05. The van der Waals surface area contributed by atoms with Crippen LogP contribution in [0.5, 0.6) is 0 Å². The van der Waals surface area contributed by atoms with Crippen LogP contribution in [0.25, 0.3) is 0 Å². The minimum Gasteiger partial charge on any atom is -0.379 e. The van der Waals surface area contributed by atoms with E-state index in [1.54, 1.807) is 22.8 Å². The van der Waals surface area contributed by atoms with Gasteiger partial charge in [0.25, 0.3) is 5.69 Å². The Hall–Kier alpha value is -3.12. The summed E-state index contributed by atoms with van der Waals surface area (Å²) >= 11 is 6.40. The quantitative estimate of drug-likeness (QED) is 0.291. The normalized spacial score (nSPS) is 10.6. The molecule has 0 aliphatic heterocycles. The summed E-state index contributed by atoms with van der Waals surface area (Å²) in [5, 5.41) is 25.8. The third kappa shape index (κ3) is 4.78. The van der Waals surface area contributed by atoms with Crippen LogP contribution >= 0.6 is 23.6 Å². The van der Waals surface area contributed by atoms with Gasteiger partial charge in [-0.2, -0.15) is 5.10 Å². The second kappa shape index (κ2) is 8.71. The Morgan fingerprint density at radius 1 is 1.43 bits per heavy atom. The maximum Gasteiger partial charge on any atom is 0.292 e. The number of nitro groups is 1. The maximum absolute atomic E-state index is 12.1. The molecule has 2 heterocycles. The Morgan fingerprint density at radius 2 is 2.21 bits per heavy atom. The Kier molecular flexibility index (Phi) is 6.11. The lowest BCUT2D eigenvalue weighted by molar-refractivity contribution is -0.384. The number of hydrogen-bond donors (Lipinski definition) is 3. The molecule has 0 radical (unpaired) electrons. The van der Waals surface area contributed by atoms with Gasteiger partial charge >= 0.3 is 0 Å². The van der Waals surface area contributed by atoms with Gasteiger partial charge in [0, 0.05) is 31.5 Å². The minimum atomic E-state index is -0.464. The molecule has 146 valence electrons. The summed E-state index contributed by atoms with van der Waals surface area (Å²) in [5.74, 6) is 0.520. The number of nitro benzene ring substituents is 1. The molecule has 28 heavy (non-hydrogen) atoms. The molecule has 1 aromatic carbocycles. The molecule has 0 spiro atoms. The van der Waals surface area contributed by atoms with Gasteiger partial charge in [-0.05, 0) is 18.3 Å². The van der Waals surface area contributed by atoms with E-state index < -0.39 is 4.92 Å². The number of hydrogen-bond acceptors (Lipinski definition) is 8. The topological polar surface area (TPSA) is 131 Å². The van der Waals surface area contributed by atoms with Crippen molar-refractivity contribution in [2.24, 2.45) is 7.05 Å². The molecule has 0 unspecified atom stereocenters. The molecule has 3 aromatic rings. The predicted molar refractivity (Wildman–Crippen MR) is 108 cm³/mol. The van der Waals surface area contributed by atoms with Crippen LogP contribution in [0.1, 0.15) is 17.9 Å². The largest absolute Gasteiger partial charge is 0.379 e. The monoisotopic (exact) mass is 419 g/mol. The van der Waals surface area contributed by atoms with Crippen LogP contribution in [0.4, 0.5) is 16.5 Å². The fraction of sp³-hybridized carbons (Fsp3) is 0.250. The van der Waals surface area contributed by atoms with E-state index in [4.69, 9.17) is 12.2 Å². The van der Waals surface area contributed by atoms with Crippen molar-refractivity contribution in [3.8, 4) is 0 Å². The molecule has 10 nitrogen and oxygen atoms in total. The highest BCUT2D eigenvalue weighted by Gasteiger charge is 2.13. The van der Waals surface area contributed by atoms with Gasteiger partial charge in [0.15, 0.2) is 9.90 Å². The van der Waals surface area contributed by atoms with Gasteiger partial charge in [0.2, 0.25) is 5.91 Å². The first kappa shape index (κ1) is 19.6. The molecule has 0 fully saturated rings. The van der Waals surface area contributed by atoms with Crippen molar-refractivity contribution in [2.45, 2.75) is 12.8 Å². The van der Waals surface area contributed by atoms with Gasteiger partial charge in [0.1, 0.15) is 11.5 Å². The van der Waals surface area contributed by atoms with E-state index in [-0.39, 0.29) is 24.6 Å². The number of aromatic nitrogens is 4. The molecule has 0 aliphatic rings. The molecule has 0 atom stereocenters. The molecule has 0 saturated heterocycles. The molecule has 0 bridgehead atoms. The van der Waals surface area contributed by atoms with Crippen molar-refractivity contribution in [1.82, 2.24) is 19.7 Å². The van der Waals surface area contributed by atoms with Gasteiger partial charge in [-0.25, -0.2) is 4.98 Å². The lowest BCUT2D eigenvalue weighted by atomic mass is 10.2. The van der Waals surface area contributed by atoms with Crippen molar-refractivity contribution in [2.75, 3.05) is 17.2 Å². The summed E-state index contributed by atoms with van der Waals surface area (Å²) in [4.78, 5) is 27.0. The minimum absolute atomic E-state index is 0.0266. The van der Waals surface area contributed by atoms with Crippen LogP contribution in [0.15, 0.2) is 29.6 Å². The first-order valence-electron chi connectivity index (χ1n) is 8.26. The summed E-state index contributed by atoms with van der Waals surface area (Å²) in [6, 6.07) is 6.30. The molecule has 2 aromatic heterocycles. The van der Waals surface area contributed by atoms with Crippen LogP contribution in [0.2, 0.25) is 0 Å². The third-order valence-electron chi connectivity index (χ3n) is 3.88. The standard InChI is InChI=1S/C16H17N7O3S2/c1-22-13(20-21-16(22)27)8-10-9-28-15(18-10)19-14(24)6-7-17-11-4-2-3-5-12(11)23(25)26/h2-5,9,17H,6-8H2,1H3,(H,21,27)(H,18,19,24). The number of benzene rings is 1. The van der Waals surface area contributed by atoms with Crippen LogP contribution in [-0.2, 0) is 18.3 Å². The summed E-state index contributed by atoms with van der Waals surface area (Å²) in [6.45, 7) is 0.264. The maximum atomic E-state index is 12.1. The van der Waals surface area contributed by atoms with E-state index in [1.165, 1.54) is 17.4 Å². The van der Waals surface area contributed by atoms with Crippen molar-refractivity contribution in [3.63, 3.8) is 0 Å². The van der Waals surface area contributed by atoms with E-state index in [2.05, 4.69) is 25.8 Å². The predicted octanol–water partition coefficient (Wildman–Crippen LogP) is 2.87. The zero-order chi connectivity index (χ0) is 20.1. The Morgan fingerprint density at radius 3 is 2.93 bits per heavy atom. The number of thiazole rings is 1. The zero-order valence-corrected chi connectivity index (χ0v) is 16.5. The highest BCUT2D eigenvalue weighted by atomic mass is 32.1. The van der Waals surface area contributed by atoms with Gasteiger partial charge in [-0.3, -0.25) is 20.0 Å². The number of aromatic amines is 1. The summed E-state index contributed by atoms with van der Waals surface area (Å²) in [7, 11) is 1.82. The average Bonchev–Trinajstić information content (AvgIpc) is 3.23. The Bertz CT molecular complexity index is 1060. The van der Waals surface area contributed by atoms with Gasteiger partial charge in [-0.15, -0.1) is 11.3 Å². The number of para-hydroxylation sites is 2. The molecule has 0 saturated carbocycles. The second-order valence-electron chi connectivity index (χ2n) is 5.82. The smallest absolute Gasteiger partial charge is 0.292 e. The molecular weight excluding hydrogens is 402 g/mol. The number of H-pyrrole nitrogens is 1. The number of carbonyl (C=O) groups excluding carboxylic acids is 1. The number of amides is 1. The van der Waals surface area contributed by atoms with Crippen molar-refractivity contribution >= 4 is 46.0 Å². The van der Waals surface area contributed by atoms with Gasteiger partial charge < -0.3 is 15.2 Å². The number of rotatable bonds is 8. The van der Waals surface area contributed by atoms with Crippen LogP contribution in [-0.4, -0.2) is 37.1 Å². The molecule has 0 aliphatic carbocycles. The molecule has 12 heteroatoms. The molecule has 3 N–H and O–H groups in total. The van der Waals surface area contributed by atoms with E-state index >= 15 is 0 Å². The first-order valence-corrected chi connectivity index (χ1v) is 9.54. The number of nitrogens with zero attached hydrogens (tertiary/aromatic N) is 4. The van der Waals surface area contributed by atoms with Crippen LogP contribution in [0.3, 0.4) is 0 Å². The Balaban J connectivity index is 1.50. The van der Waals surface area contributed by atoms with E-state index in [1.807, 2.05) is 12.4 Å². The highest BCUT2D eigenvalue weighted by molar-refractivity contribution is 7.71. The van der Waals surface area contributed by atoms with E-state index in [0.717, 1.165) is 11.5 Å². The highest BCUT2D eigenvalue weighted by Crippen LogP contribution is 2.23. The zero-order valence-electron chi connectivity index (χ0n) is 14.8.